The number of nitrogens with zero attached hydrogens (tertiary/aromatic N) is 1. The van der Waals surface area contributed by atoms with Crippen LogP contribution in [0.25, 0.3) is 0 Å². The first-order valence-corrected chi connectivity index (χ1v) is 10.4. The minimum Gasteiger partial charge on any atom is -0.352 e. The van der Waals surface area contributed by atoms with E-state index in [1.807, 2.05) is 50.2 Å². The van der Waals surface area contributed by atoms with Crippen LogP contribution in [-0.2, 0) is 6.42 Å². The Hall–Kier alpha value is -3.73. The zero-order valence-electron chi connectivity index (χ0n) is 17.6. The Morgan fingerprint density at radius 1 is 0.871 bits per heavy atom. The van der Waals surface area contributed by atoms with E-state index in [1.165, 1.54) is 16.5 Å². The van der Waals surface area contributed by atoms with E-state index in [0.29, 0.717) is 23.4 Å². The van der Waals surface area contributed by atoms with Gasteiger partial charge in [0.25, 0.3) is 17.7 Å². The van der Waals surface area contributed by atoms with Crippen molar-refractivity contribution in [2.75, 3.05) is 11.4 Å². The van der Waals surface area contributed by atoms with Crippen LogP contribution >= 0.6 is 0 Å². The minimum absolute atomic E-state index is 0.249. The van der Waals surface area contributed by atoms with Crippen LogP contribution in [0.1, 0.15) is 54.2 Å². The van der Waals surface area contributed by atoms with Gasteiger partial charge in [-0.15, -0.1) is 0 Å². The van der Waals surface area contributed by atoms with Crippen LogP contribution in [0.15, 0.2) is 66.7 Å². The van der Waals surface area contributed by atoms with Crippen molar-refractivity contribution in [3.05, 3.63) is 100 Å². The van der Waals surface area contributed by atoms with Crippen molar-refractivity contribution in [2.24, 2.45) is 0 Å². The summed E-state index contributed by atoms with van der Waals surface area (Å²) in [6.07, 6.45) is 1.70. The molecule has 1 N–H and O–H groups in total. The van der Waals surface area contributed by atoms with Gasteiger partial charge in [-0.25, -0.2) is 4.90 Å². The van der Waals surface area contributed by atoms with Crippen molar-refractivity contribution in [1.29, 1.82) is 0 Å². The molecular weight excluding hydrogens is 388 g/mol. The summed E-state index contributed by atoms with van der Waals surface area (Å²) in [7, 11) is 0. The number of aryl methyl sites for hydroxylation is 3. The lowest BCUT2D eigenvalue weighted by Gasteiger charge is -2.17. The lowest BCUT2D eigenvalue weighted by atomic mass is 10.1. The number of benzene rings is 3. The Bertz CT molecular complexity index is 1170. The molecule has 31 heavy (non-hydrogen) atoms. The highest BCUT2D eigenvalue weighted by Gasteiger charge is 2.37. The number of rotatable bonds is 6. The summed E-state index contributed by atoms with van der Waals surface area (Å²) < 4.78 is 0. The van der Waals surface area contributed by atoms with Gasteiger partial charge in [-0.1, -0.05) is 42.5 Å². The van der Waals surface area contributed by atoms with Crippen molar-refractivity contribution in [3.8, 4) is 0 Å². The average molecular weight is 412 g/mol. The molecule has 5 heteroatoms. The van der Waals surface area contributed by atoms with E-state index in [9.17, 15) is 14.4 Å². The summed E-state index contributed by atoms with van der Waals surface area (Å²) in [6, 6.07) is 20.5. The molecule has 0 atom stereocenters. The quantitative estimate of drug-likeness (QED) is 0.480. The maximum atomic E-state index is 13.0. The third-order valence-electron chi connectivity index (χ3n) is 5.52. The maximum Gasteiger partial charge on any atom is 0.266 e. The Morgan fingerprint density at radius 2 is 1.61 bits per heavy atom. The summed E-state index contributed by atoms with van der Waals surface area (Å²) in [4.78, 5) is 39.7. The van der Waals surface area contributed by atoms with Crippen molar-refractivity contribution in [2.45, 2.75) is 26.7 Å². The van der Waals surface area contributed by atoms with E-state index in [1.54, 1.807) is 12.1 Å². The maximum absolute atomic E-state index is 13.0. The molecule has 0 unspecified atom stereocenters. The van der Waals surface area contributed by atoms with Crippen LogP contribution in [0.3, 0.4) is 0 Å². The van der Waals surface area contributed by atoms with Gasteiger partial charge in [-0.2, -0.15) is 0 Å². The van der Waals surface area contributed by atoms with Gasteiger partial charge in [-0.3, -0.25) is 14.4 Å². The number of fused-ring (bicyclic) bond motifs is 1. The normalized spacial score (nSPS) is 12.8. The number of hydrogen-bond donors (Lipinski definition) is 1. The molecule has 0 saturated heterocycles. The number of imide groups is 1. The number of amides is 3. The smallest absolute Gasteiger partial charge is 0.266 e. The number of hydrogen-bond acceptors (Lipinski definition) is 3. The summed E-state index contributed by atoms with van der Waals surface area (Å²) in [5.74, 6) is -1.00. The molecule has 0 fully saturated rings. The molecule has 1 heterocycles. The molecule has 0 bridgehead atoms. The molecule has 3 amide bonds. The summed E-state index contributed by atoms with van der Waals surface area (Å²) in [6.45, 7) is 4.32. The van der Waals surface area contributed by atoms with E-state index in [4.69, 9.17) is 0 Å². The molecule has 0 spiro atoms. The zero-order valence-corrected chi connectivity index (χ0v) is 17.6. The van der Waals surface area contributed by atoms with Crippen molar-refractivity contribution >= 4 is 23.4 Å². The Kier molecular flexibility index (Phi) is 5.67. The fourth-order valence-corrected chi connectivity index (χ4v) is 3.80. The third kappa shape index (κ3) is 4.12. The molecule has 0 aliphatic carbocycles. The first kappa shape index (κ1) is 20.5. The SMILES string of the molecule is Cc1ccc(C)c(N2C(=O)c3ccc(C(=O)NCCCc4ccccc4)cc3C2=O)c1. The Morgan fingerprint density at radius 3 is 2.39 bits per heavy atom. The molecule has 0 saturated carbocycles. The van der Waals surface area contributed by atoms with E-state index in [-0.39, 0.29) is 17.4 Å². The average Bonchev–Trinajstić information content (AvgIpc) is 3.03. The third-order valence-corrected chi connectivity index (χ3v) is 5.52. The van der Waals surface area contributed by atoms with E-state index < -0.39 is 5.91 Å². The molecule has 5 nitrogen and oxygen atoms in total. The van der Waals surface area contributed by atoms with Crippen LogP contribution in [0.4, 0.5) is 5.69 Å². The van der Waals surface area contributed by atoms with Crippen LogP contribution in [0.5, 0.6) is 0 Å². The fraction of sp³-hybridized carbons (Fsp3) is 0.192. The van der Waals surface area contributed by atoms with Gasteiger partial charge in [0.2, 0.25) is 0 Å². The summed E-state index contributed by atoms with van der Waals surface area (Å²) in [5.41, 5.74) is 4.59. The second kappa shape index (κ2) is 8.56. The lowest BCUT2D eigenvalue weighted by Crippen LogP contribution is -2.30. The number of carbonyl (C=O) groups is 3. The van der Waals surface area contributed by atoms with Gasteiger partial charge in [-0.05, 0) is 67.6 Å². The van der Waals surface area contributed by atoms with Crippen LogP contribution in [0.2, 0.25) is 0 Å². The summed E-state index contributed by atoms with van der Waals surface area (Å²) in [5, 5.41) is 2.90. The highest BCUT2D eigenvalue weighted by atomic mass is 16.2. The molecule has 3 aromatic rings. The molecule has 0 aromatic heterocycles. The highest BCUT2D eigenvalue weighted by Crippen LogP contribution is 2.31. The zero-order chi connectivity index (χ0) is 22.0. The van der Waals surface area contributed by atoms with Crippen LogP contribution in [-0.4, -0.2) is 24.3 Å². The molecule has 1 aliphatic rings. The topological polar surface area (TPSA) is 66.5 Å². The van der Waals surface area contributed by atoms with Crippen molar-refractivity contribution in [3.63, 3.8) is 0 Å². The molecule has 156 valence electrons. The van der Waals surface area contributed by atoms with Gasteiger partial charge in [0, 0.05) is 12.1 Å². The van der Waals surface area contributed by atoms with Crippen molar-refractivity contribution < 1.29 is 14.4 Å². The van der Waals surface area contributed by atoms with Crippen LogP contribution < -0.4 is 10.2 Å². The monoisotopic (exact) mass is 412 g/mol. The predicted molar refractivity (Wildman–Crippen MR) is 121 cm³/mol. The van der Waals surface area contributed by atoms with Gasteiger partial charge in [0.1, 0.15) is 0 Å². The fourth-order valence-electron chi connectivity index (χ4n) is 3.80. The number of nitrogens with one attached hydrogen (secondary N) is 1. The van der Waals surface area contributed by atoms with Gasteiger partial charge in [0.05, 0.1) is 16.8 Å². The second-order valence-electron chi connectivity index (χ2n) is 7.84. The highest BCUT2D eigenvalue weighted by molar-refractivity contribution is 6.35. The standard InChI is InChI=1S/C26H24N2O3/c1-17-10-11-18(2)23(15-17)28-25(30)21-13-12-20(16-22(21)26(28)31)24(29)27-14-6-9-19-7-4-3-5-8-19/h3-5,7-8,10-13,15-16H,6,9,14H2,1-2H3,(H,27,29). The van der Waals surface area contributed by atoms with E-state index >= 15 is 0 Å². The molecule has 3 aromatic carbocycles. The predicted octanol–water partition coefficient (Wildman–Crippen LogP) is 4.47. The number of anilines is 1. The molecule has 4 rings (SSSR count). The molecule has 1 aliphatic heterocycles. The van der Waals surface area contributed by atoms with Gasteiger partial charge < -0.3 is 5.32 Å². The van der Waals surface area contributed by atoms with Crippen LogP contribution in [0, 0.1) is 13.8 Å². The lowest BCUT2D eigenvalue weighted by molar-refractivity contribution is 0.0923. The van der Waals surface area contributed by atoms with E-state index in [2.05, 4.69) is 17.4 Å². The minimum atomic E-state index is -0.396. The Balaban J connectivity index is 1.46. The summed E-state index contributed by atoms with van der Waals surface area (Å²) >= 11 is 0. The van der Waals surface area contributed by atoms with Gasteiger partial charge >= 0.3 is 0 Å². The Labute approximate surface area is 181 Å². The largest absolute Gasteiger partial charge is 0.352 e. The molecule has 0 radical (unpaired) electrons. The van der Waals surface area contributed by atoms with Crippen molar-refractivity contribution in [1.82, 2.24) is 5.32 Å². The second-order valence-corrected chi connectivity index (χ2v) is 7.84. The van der Waals surface area contributed by atoms with E-state index in [0.717, 1.165) is 24.0 Å². The number of carbonyl (C=O) groups excluding carboxylic acids is 3. The molecular formula is C26H24N2O3. The first-order chi connectivity index (χ1) is 15.0. The first-order valence-electron chi connectivity index (χ1n) is 10.4. The van der Waals surface area contributed by atoms with Gasteiger partial charge in [0.15, 0.2) is 0 Å².